The van der Waals surface area contributed by atoms with Gasteiger partial charge in [-0.2, -0.15) is 0 Å². The van der Waals surface area contributed by atoms with Gasteiger partial charge >= 0.3 is 0 Å². The summed E-state index contributed by atoms with van der Waals surface area (Å²) in [5.74, 6) is 0. The zero-order chi connectivity index (χ0) is 16.5. The average molecular weight is 309 g/mol. The number of rotatable bonds is 2. The molecule has 0 aliphatic carbocycles. The van der Waals surface area contributed by atoms with E-state index in [9.17, 15) is 0 Å². The molecule has 0 radical (unpaired) electrons. The van der Waals surface area contributed by atoms with E-state index in [-0.39, 0.29) is 0 Å². The third-order valence-electron chi connectivity index (χ3n) is 4.45. The Morgan fingerprint density at radius 3 is 2.00 bits per heavy atom. The quantitative estimate of drug-likeness (QED) is 0.430. The molecule has 3 aromatic carbocycles. The molecule has 0 N–H and O–H groups in total. The Morgan fingerprint density at radius 1 is 0.708 bits per heavy atom. The first-order valence-electron chi connectivity index (χ1n) is 8.25. The fourth-order valence-electron chi connectivity index (χ4n) is 3.41. The van der Waals surface area contributed by atoms with Crippen molar-refractivity contribution < 1.29 is 0 Å². The fourth-order valence-corrected chi connectivity index (χ4v) is 3.41. The largest absolute Gasteiger partial charge is 0.255 e. The highest BCUT2D eigenvalue weighted by molar-refractivity contribution is 6.03. The first kappa shape index (κ1) is 14.6. The molecule has 4 rings (SSSR count). The summed E-state index contributed by atoms with van der Waals surface area (Å²) in [4.78, 5) is 4.78. The molecule has 0 spiro atoms. The van der Waals surface area contributed by atoms with Crippen LogP contribution in [0.25, 0.3) is 33.2 Å². The van der Waals surface area contributed by atoms with E-state index in [2.05, 4.69) is 86.6 Å². The van der Waals surface area contributed by atoms with Crippen molar-refractivity contribution >= 4 is 10.9 Å². The van der Waals surface area contributed by atoms with Gasteiger partial charge in [0.2, 0.25) is 0 Å². The van der Waals surface area contributed by atoms with E-state index in [1.807, 2.05) is 6.20 Å². The Morgan fingerprint density at radius 2 is 1.33 bits per heavy atom. The molecule has 1 heterocycles. The van der Waals surface area contributed by atoms with Crippen molar-refractivity contribution in [1.29, 1.82) is 0 Å². The monoisotopic (exact) mass is 309 g/mol. The summed E-state index contributed by atoms with van der Waals surface area (Å²) in [5, 5.41) is 1.22. The van der Waals surface area contributed by atoms with Crippen molar-refractivity contribution in [2.75, 3.05) is 0 Å². The van der Waals surface area contributed by atoms with Crippen molar-refractivity contribution in [3.63, 3.8) is 0 Å². The van der Waals surface area contributed by atoms with Crippen molar-refractivity contribution in [2.45, 2.75) is 13.8 Å². The van der Waals surface area contributed by atoms with Crippen LogP contribution in [0, 0.1) is 13.8 Å². The molecule has 0 aliphatic rings. The Bertz CT molecular complexity index is 1000. The van der Waals surface area contributed by atoms with Gasteiger partial charge in [-0.15, -0.1) is 0 Å². The number of hydrogen-bond donors (Lipinski definition) is 0. The van der Waals surface area contributed by atoms with Gasteiger partial charge in [0.15, 0.2) is 0 Å². The van der Waals surface area contributed by atoms with Gasteiger partial charge in [0.25, 0.3) is 0 Å². The molecule has 1 nitrogen and oxygen atoms in total. The maximum Gasteiger partial charge on any atom is 0.0738 e. The van der Waals surface area contributed by atoms with E-state index in [0.717, 1.165) is 5.52 Å². The van der Waals surface area contributed by atoms with Crippen LogP contribution in [0.2, 0.25) is 0 Å². The second-order valence-electron chi connectivity index (χ2n) is 6.26. The van der Waals surface area contributed by atoms with Gasteiger partial charge in [-0.1, -0.05) is 72.3 Å². The molecule has 116 valence electrons. The van der Waals surface area contributed by atoms with Gasteiger partial charge in [-0.3, -0.25) is 4.98 Å². The average Bonchev–Trinajstić information content (AvgIpc) is 2.62. The van der Waals surface area contributed by atoms with Gasteiger partial charge < -0.3 is 0 Å². The highest BCUT2D eigenvalue weighted by atomic mass is 14.7. The SMILES string of the molecule is Cc1cc(C)c2ncc(-c3ccccc3)c(-c3ccccc3)c2c1. The lowest BCUT2D eigenvalue weighted by atomic mass is 9.91. The van der Waals surface area contributed by atoms with Gasteiger partial charge in [-0.05, 0) is 36.6 Å². The summed E-state index contributed by atoms with van der Waals surface area (Å²) in [6, 6.07) is 25.6. The van der Waals surface area contributed by atoms with Crippen LogP contribution in [-0.4, -0.2) is 4.98 Å². The minimum Gasteiger partial charge on any atom is -0.255 e. The zero-order valence-electron chi connectivity index (χ0n) is 14.0. The van der Waals surface area contributed by atoms with E-state index in [1.54, 1.807) is 0 Å². The number of hydrogen-bond acceptors (Lipinski definition) is 1. The molecule has 24 heavy (non-hydrogen) atoms. The van der Waals surface area contributed by atoms with Gasteiger partial charge in [0.1, 0.15) is 0 Å². The van der Waals surface area contributed by atoms with Crippen molar-refractivity contribution in [3.05, 3.63) is 90.1 Å². The normalized spacial score (nSPS) is 10.9. The summed E-state index contributed by atoms with van der Waals surface area (Å²) in [5.41, 5.74) is 8.45. The predicted octanol–water partition coefficient (Wildman–Crippen LogP) is 6.19. The van der Waals surface area contributed by atoms with Crippen LogP contribution in [0.15, 0.2) is 79.0 Å². The summed E-state index contributed by atoms with van der Waals surface area (Å²) in [6.07, 6.45) is 2.02. The summed E-state index contributed by atoms with van der Waals surface area (Å²) in [6.45, 7) is 4.29. The lowest BCUT2D eigenvalue weighted by Gasteiger charge is -2.15. The first-order valence-corrected chi connectivity index (χ1v) is 8.25. The minimum absolute atomic E-state index is 1.08. The molecule has 1 aromatic heterocycles. The topological polar surface area (TPSA) is 12.9 Å². The number of pyridine rings is 1. The zero-order valence-corrected chi connectivity index (χ0v) is 14.0. The molecule has 4 aromatic rings. The molecule has 0 unspecified atom stereocenters. The number of nitrogens with zero attached hydrogens (tertiary/aromatic N) is 1. The van der Waals surface area contributed by atoms with Crippen molar-refractivity contribution in [2.24, 2.45) is 0 Å². The van der Waals surface area contributed by atoms with Gasteiger partial charge in [0.05, 0.1) is 5.52 Å². The third kappa shape index (κ3) is 2.48. The van der Waals surface area contributed by atoms with E-state index in [4.69, 9.17) is 4.98 Å². The maximum atomic E-state index is 4.78. The Balaban J connectivity index is 2.14. The minimum atomic E-state index is 1.08. The molecule has 1 heteroatoms. The summed E-state index contributed by atoms with van der Waals surface area (Å²) >= 11 is 0. The van der Waals surface area contributed by atoms with Crippen LogP contribution >= 0.6 is 0 Å². The maximum absolute atomic E-state index is 4.78. The number of aryl methyl sites for hydroxylation is 2. The second kappa shape index (κ2) is 5.93. The predicted molar refractivity (Wildman–Crippen MR) is 102 cm³/mol. The van der Waals surface area contributed by atoms with Crippen LogP contribution < -0.4 is 0 Å². The third-order valence-corrected chi connectivity index (χ3v) is 4.45. The fraction of sp³-hybridized carbons (Fsp3) is 0.0870. The van der Waals surface area contributed by atoms with Crippen molar-refractivity contribution in [1.82, 2.24) is 4.98 Å². The van der Waals surface area contributed by atoms with E-state index < -0.39 is 0 Å². The lowest BCUT2D eigenvalue weighted by Crippen LogP contribution is -1.93. The molecule has 0 atom stereocenters. The van der Waals surface area contributed by atoms with Crippen LogP contribution in [0.3, 0.4) is 0 Å². The molecule has 0 fully saturated rings. The number of fused-ring (bicyclic) bond motifs is 1. The van der Waals surface area contributed by atoms with Crippen LogP contribution in [0.5, 0.6) is 0 Å². The Labute approximate surface area is 142 Å². The second-order valence-corrected chi connectivity index (χ2v) is 6.26. The van der Waals surface area contributed by atoms with Crippen LogP contribution in [-0.2, 0) is 0 Å². The van der Waals surface area contributed by atoms with Gasteiger partial charge in [0, 0.05) is 22.7 Å². The van der Waals surface area contributed by atoms with Gasteiger partial charge in [-0.25, -0.2) is 0 Å². The van der Waals surface area contributed by atoms with Crippen LogP contribution in [0.4, 0.5) is 0 Å². The lowest BCUT2D eigenvalue weighted by molar-refractivity contribution is 1.34. The summed E-state index contributed by atoms with van der Waals surface area (Å²) in [7, 11) is 0. The molecule has 0 bridgehead atoms. The Hall–Kier alpha value is -2.93. The van der Waals surface area contributed by atoms with E-state index in [0.29, 0.717) is 0 Å². The molecule has 0 amide bonds. The highest BCUT2D eigenvalue weighted by Gasteiger charge is 2.14. The standard InChI is InChI=1S/C23H19N/c1-16-13-17(2)23-20(14-16)22(19-11-7-4-8-12-19)21(15-24-23)18-9-5-3-6-10-18/h3-15H,1-2H3. The smallest absolute Gasteiger partial charge is 0.0738 e. The summed E-state index contributed by atoms with van der Waals surface area (Å²) < 4.78 is 0. The molecule has 0 saturated carbocycles. The first-order chi connectivity index (χ1) is 11.7. The highest BCUT2D eigenvalue weighted by Crippen LogP contribution is 2.38. The molecular formula is C23H19N. The molecular weight excluding hydrogens is 290 g/mol. The van der Waals surface area contributed by atoms with E-state index >= 15 is 0 Å². The Kier molecular flexibility index (Phi) is 3.62. The van der Waals surface area contributed by atoms with Crippen LogP contribution in [0.1, 0.15) is 11.1 Å². The number of aromatic nitrogens is 1. The number of benzene rings is 3. The molecule has 0 aliphatic heterocycles. The molecule has 0 saturated heterocycles. The van der Waals surface area contributed by atoms with Crippen molar-refractivity contribution in [3.8, 4) is 22.3 Å². The van der Waals surface area contributed by atoms with E-state index in [1.165, 1.54) is 38.8 Å².